The number of methoxy groups -OCH3 is 1. The molecule has 8 heteroatoms. The van der Waals surface area contributed by atoms with Crippen molar-refractivity contribution in [1.29, 1.82) is 0 Å². The average Bonchev–Trinajstić information content (AvgIpc) is 3.11. The standard InChI is InChI=1S/C16H18N4O3S/c1-21-6-7-22-14-9-13(23-12-3-2-4-17-10-12)11-19-15(14)20-16-18-5-8-24-16/h2-4,9-11H,5-8H2,1H3,(H,18,19,20). The molecule has 126 valence electrons. The summed E-state index contributed by atoms with van der Waals surface area (Å²) in [7, 11) is 1.63. The van der Waals surface area contributed by atoms with Gasteiger partial charge in [0.2, 0.25) is 0 Å². The van der Waals surface area contributed by atoms with Gasteiger partial charge < -0.3 is 19.5 Å². The lowest BCUT2D eigenvalue weighted by Crippen LogP contribution is -2.11. The topological polar surface area (TPSA) is 77.9 Å². The first kappa shape index (κ1) is 16.5. The van der Waals surface area contributed by atoms with Gasteiger partial charge in [0.1, 0.15) is 18.1 Å². The predicted molar refractivity (Wildman–Crippen MR) is 94.3 cm³/mol. The van der Waals surface area contributed by atoms with Crippen LogP contribution in [0.3, 0.4) is 0 Å². The number of thioether (sulfide) groups is 1. The Morgan fingerprint density at radius 1 is 1.25 bits per heavy atom. The van der Waals surface area contributed by atoms with E-state index in [4.69, 9.17) is 14.2 Å². The number of aromatic nitrogens is 2. The summed E-state index contributed by atoms with van der Waals surface area (Å²) in [5.74, 6) is 3.38. The quantitative estimate of drug-likeness (QED) is 0.772. The first-order valence-electron chi connectivity index (χ1n) is 7.49. The summed E-state index contributed by atoms with van der Waals surface area (Å²) in [6.07, 6.45) is 4.97. The molecule has 0 aromatic carbocycles. The van der Waals surface area contributed by atoms with Crippen molar-refractivity contribution in [2.75, 3.05) is 37.9 Å². The van der Waals surface area contributed by atoms with E-state index in [1.165, 1.54) is 0 Å². The molecule has 1 aliphatic heterocycles. The van der Waals surface area contributed by atoms with Gasteiger partial charge in [0.25, 0.3) is 0 Å². The second-order valence-corrected chi connectivity index (χ2v) is 5.89. The summed E-state index contributed by atoms with van der Waals surface area (Å²) < 4.78 is 16.5. The molecule has 3 heterocycles. The van der Waals surface area contributed by atoms with Crippen molar-refractivity contribution in [2.45, 2.75) is 0 Å². The van der Waals surface area contributed by atoms with Crippen LogP contribution in [0.5, 0.6) is 17.2 Å². The van der Waals surface area contributed by atoms with E-state index in [2.05, 4.69) is 20.3 Å². The molecular weight excluding hydrogens is 328 g/mol. The normalized spacial score (nSPS) is 13.5. The fraction of sp³-hybridized carbons (Fsp3) is 0.312. The Bertz CT molecular complexity index is 697. The number of aliphatic imine (C=N–C) groups is 1. The number of nitrogens with one attached hydrogen (secondary N) is 1. The Morgan fingerprint density at radius 3 is 2.96 bits per heavy atom. The second kappa shape index (κ2) is 8.51. The maximum Gasteiger partial charge on any atom is 0.175 e. The zero-order valence-electron chi connectivity index (χ0n) is 13.3. The molecule has 1 aliphatic rings. The Morgan fingerprint density at radius 2 is 2.21 bits per heavy atom. The summed E-state index contributed by atoms with van der Waals surface area (Å²) in [6.45, 7) is 1.72. The molecule has 2 aromatic heterocycles. The van der Waals surface area contributed by atoms with Crippen LogP contribution in [-0.4, -0.2) is 47.8 Å². The average molecular weight is 346 g/mol. The highest BCUT2D eigenvalue weighted by molar-refractivity contribution is 8.14. The molecule has 7 nitrogen and oxygen atoms in total. The molecular formula is C16H18N4O3S. The molecule has 3 rings (SSSR count). The van der Waals surface area contributed by atoms with Crippen LogP contribution in [0.25, 0.3) is 0 Å². The van der Waals surface area contributed by atoms with Gasteiger partial charge in [-0.05, 0) is 12.1 Å². The third-order valence-electron chi connectivity index (χ3n) is 3.05. The van der Waals surface area contributed by atoms with E-state index in [1.54, 1.807) is 43.5 Å². The molecule has 0 amide bonds. The van der Waals surface area contributed by atoms with Crippen LogP contribution in [0.1, 0.15) is 0 Å². The molecule has 2 aromatic rings. The third kappa shape index (κ3) is 4.59. The summed E-state index contributed by atoms with van der Waals surface area (Å²) in [6, 6.07) is 5.43. The fourth-order valence-electron chi connectivity index (χ4n) is 1.98. The monoisotopic (exact) mass is 346 g/mol. The highest BCUT2D eigenvalue weighted by atomic mass is 32.2. The Balaban J connectivity index is 1.77. The maximum atomic E-state index is 5.76. The number of ether oxygens (including phenoxy) is 3. The van der Waals surface area contributed by atoms with Gasteiger partial charge in [-0.25, -0.2) is 4.98 Å². The minimum atomic E-state index is 0.419. The predicted octanol–water partition coefficient (Wildman–Crippen LogP) is 2.81. The van der Waals surface area contributed by atoms with Crippen molar-refractivity contribution in [1.82, 2.24) is 9.97 Å². The lowest BCUT2D eigenvalue weighted by atomic mass is 10.4. The molecule has 0 atom stereocenters. The SMILES string of the molecule is COCCOc1cc(Oc2cccnc2)cnc1NC1=NCCS1. The van der Waals surface area contributed by atoms with Gasteiger partial charge in [-0.1, -0.05) is 11.8 Å². The van der Waals surface area contributed by atoms with Crippen LogP contribution < -0.4 is 14.8 Å². The highest BCUT2D eigenvalue weighted by Gasteiger charge is 2.13. The second-order valence-electron chi connectivity index (χ2n) is 4.81. The number of hydrogen-bond acceptors (Lipinski definition) is 8. The van der Waals surface area contributed by atoms with Gasteiger partial charge in [0, 0.05) is 25.1 Å². The van der Waals surface area contributed by atoms with Gasteiger partial charge in [0.05, 0.1) is 25.5 Å². The molecule has 0 saturated heterocycles. The summed E-state index contributed by atoms with van der Waals surface area (Å²) in [5, 5.41) is 4.04. The molecule has 0 unspecified atom stereocenters. The summed E-state index contributed by atoms with van der Waals surface area (Å²) in [5.41, 5.74) is 0. The minimum Gasteiger partial charge on any atom is -0.487 e. The minimum absolute atomic E-state index is 0.419. The van der Waals surface area contributed by atoms with Crippen LogP contribution in [0, 0.1) is 0 Å². The third-order valence-corrected chi connectivity index (χ3v) is 3.94. The van der Waals surface area contributed by atoms with Crippen LogP contribution in [0.4, 0.5) is 5.82 Å². The zero-order valence-corrected chi connectivity index (χ0v) is 14.1. The number of nitrogens with zero attached hydrogens (tertiary/aromatic N) is 3. The van der Waals surface area contributed by atoms with Crippen LogP contribution in [0.2, 0.25) is 0 Å². The number of anilines is 1. The van der Waals surface area contributed by atoms with E-state index in [1.807, 2.05) is 12.1 Å². The first-order valence-corrected chi connectivity index (χ1v) is 8.47. The molecule has 24 heavy (non-hydrogen) atoms. The molecule has 0 spiro atoms. The molecule has 0 bridgehead atoms. The van der Waals surface area contributed by atoms with E-state index < -0.39 is 0 Å². The number of amidine groups is 1. The van der Waals surface area contributed by atoms with Crippen LogP contribution in [-0.2, 0) is 4.74 Å². The van der Waals surface area contributed by atoms with Gasteiger partial charge in [0.15, 0.2) is 16.7 Å². The van der Waals surface area contributed by atoms with E-state index in [0.717, 1.165) is 17.5 Å². The van der Waals surface area contributed by atoms with Crippen molar-refractivity contribution in [2.24, 2.45) is 4.99 Å². The van der Waals surface area contributed by atoms with Gasteiger partial charge in [-0.3, -0.25) is 9.98 Å². The zero-order chi connectivity index (χ0) is 16.6. The number of pyridine rings is 2. The van der Waals surface area contributed by atoms with Crippen molar-refractivity contribution in [3.05, 3.63) is 36.8 Å². The number of rotatable bonds is 7. The molecule has 0 fully saturated rings. The molecule has 1 N–H and O–H groups in total. The molecule has 0 aliphatic carbocycles. The number of hydrogen-bond donors (Lipinski definition) is 1. The summed E-state index contributed by atoms with van der Waals surface area (Å²) >= 11 is 1.66. The van der Waals surface area contributed by atoms with Crippen LogP contribution >= 0.6 is 11.8 Å². The van der Waals surface area contributed by atoms with Crippen molar-refractivity contribution in [3.8, 4) is 17.2 Å². The van der Waals surface area contributed by atoms with Crippen molar-refractivity contribution in [3.63, 3.8) is 0 Å². The lowest BCUT2D eigenvalue weighted by Gasteiger charge is -2.13. The van der Waals surface area contributed by atoms with Gasteiger partial charge in [-0.2, -0.15) is 0 Å². The molecule has 0 radical (unpaired) electrons. The van der Waals surface area contributed by atoms with E-state index in [-0.39, 0.29) is 0 Å². The van der Waals surface area contributed by atoms with E-state index in [9.17, 15) is 0 Å². The maximum absolute atomic E-state index is 5.76. The Hall–Kier alpha value is -2.32. The van der Waals surface area contributed by atoms with Crippen molar-refractivity contribution >= 4 is 22.7 Å². The smallest absolute Gasteiger partial charge is 0.175 e. The van der Waals surface area contributed by atoms with Crippen molar-refractivity contribution < 1.29 is 14.2 Å². The van der Waals surface area contributed by atoms with Gasteiger partial charge >= 0.3 is 0 Å². The van der Waals surface area contributed by atoms with Gasteiger partial charge in [-0.15, -0.1) is 0 Å². The lowest BCUT2D eigenvalue weighted by molar-refractivity contribution is 0.146. The van der Waals surface area contributed by atoms with E-state index >= 15 is 0 Å². The highest BCUT2D eigenvalue weighted by Crippen LogP contribution is 2.30. The van der Waals surface area contributed by atoms with E-state index in [0.29, 0.717) is 36.3 Å². The Kier molecular flexibility index (Phi) is 5.86. The Labute approximate surface area is 144 Å². The van der Waals surface area contributed by atoms with Crippen LogP contribution in [0.15, 0.2) is 41.8 Å². The summed E-state index contributed by atoms with van der Waals surface area (Å²) in [4.78, 5) is 12.8. The largest absolute Gasteiger partial charge is 0.487 e. The molecule has 0 saturated carbocycles. The first-order chi connectivity index (χ1) is 11.8. The fourth-order valence-corrected chi connectivity index (χ4v) is 2.70.